The van der Waals surface area contributed by atoms with Crippen molar-refractivity contribution in [2.45, 2.75) is 39.5 Å². The number of guanidine groups is 1. The van der Waals surface area contributed by atoms with Gasteiger partial charge in [0.25, 0.3) is 0 Å². The summed E-state index contributed by atoms with van der Waals surface area (Å²) in [5, 5.41) is 6.77. The number of nitrogens with zero attached hydrogens (tertiary/aromatic N) is 2. The number of nitrogens with one attached hydrogen (secondary N) is 2. The van der Waals surface area contributed by atoms with Gasteiger partial charge in [0.1, 0.15) is 5.82 Å². The maximum Gasteiger partial charge on any atom is 0.191 e. The Morgan fingerprint density at radius 1 is 1.28 bits per heavy atom. The Kier molecular flexibility index (Phi) is 12.7. The first-order chi connectivity index (χ1) is 13.5. The maximum absolute atomic E-state index is 13.8. The van der Waals surface area contributed by atoms with Gasteiger partial charge in [-0.15, -0.1) is 24.0 Å². The lowest BCUT2D eigenvalue weighted by Gasteiger charge is -2.35. The van der Waals surface area contributed by atoms with Crippen LogP contribution in [-0.4, -0.2) is 63.9 Å². The van der Waals surface area contributed by atoms with Gasteiger partial charge in [-0.3, -0.25) is 9.89 Å². The lowest BCUT2D eigenvalue weighted by atomic mass is 10.0. The van der Waals surface area contributed by atoms with E-state index in [1.165, 1.54) is 6.07 Å². The van der Waals surface area contributed by atoms with Crippen LogP contribution in [0.2, 0.25) is 0 Å². The van der Waals surface area contributed by atoms with E-state index >= 15 is 0 Å². The predicted octanol–water partition coefficient (Wildman–Crippen LogP) is 3.00. The van der Waals surface area contributed by atoms with Crippen LogP contribution in [0.5, 0.6) is 0 Å². The molecule has 2 N–H and O–H groups in total. The molecule has 1 heterocycles. The van der Waals surface area contributed by atoms with E-state index in [-0.39, 0.29) is 36.4 Å². The molecule has 0 spiro atoms. The van der Waals surface area contributed by atoms with Gasteiger partial charge in [0, 0.05) is 51.9 Å². The van der Waals surface area contributed by atoms with E-state index < -0.39 is 0 Å². The van der Waals surface area contributed by atoms with E-state index in [9.17, 15) is 4.39 Å². The molecule has 2 rings (SSSR count). The minimum atomic E-state index is -0.241. The largest absolute Gasteiger partial charge is 0.380 e. The number of aliphatic imine (C=N–C) groups is 1. The highest BCUT2D eigenvalue weighted by Crippen LogP contribution is 2.13. The fourth-order valence-electron chi connectivity index (χ4n) is 3.47. The number of hydrogen-bond acceptors (Lipinski definition) is 4. The Morgan fingerprint density at radius 3 is 2.62 bits per heavy atom. The summed E-state index contributed by atoms with van der Waals surface area (Å²) < 4.78 is 24.3. The number of methoxy groups -OCH3 is 1. The molecular formula is C21H36FIN4O2. The molecule has 1 saturated heterocycles. The molecule has 1 aliphatic heterocycles. The SMILES string of the molecule is CN=C(NCc1ccc(F)c(COC)c1)NCC(CC(C)C)N1CCOCC1.I. The van der Waals surface area contributed by atoms with Gasteiger partial charge in [0.2, 0.25) is 0 Å². The van der Waals surface area contributed by atoms with E-state index in [4.69, 9.17) is 9.47 Å². The second-order valence-corrected chi connectivity index (χ2v) is 7.60. The van der Waals surface area contributed by atoms with E-state index in [1.54, 1.807) is 20.2 Å². The minimum Gasteiger partial charge on any atom is -0.380 e. The summed E-state index contributed by atoms with van der Waals surface area (Å²) in [6.07, 6.45) is 1.13. The van der Waals surface area contributed by atoms with E-state index in [0.29, 0.717) is 24.1 Å². The smallest absolute Gasteiger partial charge is 0.191 e. The number of halogens is 2. The van der Waals surface area contributed by atoms with Crippen molar-refractivity contribution < 1.29 is 13.9 Å². The number of morpholine rings is 1. The van der Waals surface area contributed by atoms with Gasteiger partial charge < -0.3 is 20.1 Å². The number of benzene rings is 1. The first-order valence-corrected chi connectivity index (χ1v) is 10.1. The van der Waals surface area contributed by atoms with Gasteiger partial charge in [-0.05, 0) is 30.0 Å². The van der Waals surface area contributed by atoms with Crippen molar-refractivity contribution >= 4 is 29.9 Å². The Balaban J connectivity index is 0.00000420. The summed E-state index contributed by atoms with van der Waals surface area (Å²) in [4.78, 5) is 6.83. The molecule has 0 aliphatic carbocycles. The molecule has 0 amide bonds. The van der Waals surface area contributed by atoms with Crippen LogP contribution in [0, 0.1) is 11.7 Å². The number of hydrogen-bond donors (Lipinski definition) is 2. The van der Waals surface area contributed by atoms with Crippen LogP contribution in [0.15, 0.2) is 23.2 Å². The van der Waals surface area contributed by atoms with Crippen molar-refractivity contribution in [1.29, 1.82) is 0 Å². The maximum atomic E-state index is 13.8. The topological polar surface area (TPSA) is 58.1 Å². The van der Waals surface area contributed by atoms with Crippen LogP contribution in [-0.2, 0) is 22.6 Å². The molecule has 1 aromatic rings. The molecule has 29 heavy (non-hydrogen) atoms. The molecule has 0 saturated carbocycles. The molecule has 0 aromatic heterocycles. The number of rotatable bonds is 9. The average Bonchev–Trinajstić information content (AvgIpc) is 2.70. The molecule has 166 valence electrons. The molecule has 1 fully saturated rings. The molecule has 0 radical (unpaired) electrons. The van der Waals surface area contributed by atoms with Crippen LogP contribution < -0.4 is 10.6 Å². The summed E-state index contributed by atoms with van der Waals surface area (Å²) in [7, 11) is 3.33. The summed E-state index contributed by atoms with van der Waals surface area (Å²) in [6, 6.07) is 5.54. The van der Waals surface area contributed by atoms with Crippen LogP contribution in [0.4, 0.5) is 4.39 Å². The quantitative estimate of drug-likeness (QED) is 0.297. The Morgan fingerprint density at radius 2 is 2.00 bits per heavy atom. The average molecular weight is 522 g/mol. The summed E-state index contributed by atoms with van der Waals surface area (Å²) >= 11 is 0. The van der Waals surface area contributed by atoms with Gasteiger partial charge in [-0.1, -0.05) is 19.9 Å². The van der Waals surface area contributed by atoms with E-state index in [0.717, 1.165) is 50.8 Å². The van der Waals surface area contributed by atoms with Crippen molar-refractivity contribution in [2.75, 3.05) is 47.0 Å². The first-order valence-electron chi connectivity index (χ1n) is 10.1. The van der Waals surface area contributed by atoms with Crippen LogP contribution in [0.1, 0.15) is 31.4 Å². The molecule has 1 aliphatic rings. The van der Waals surface area contributed by atoms with Crippen LogP contribution in [0.3, 0.4) is 0 Å². The molecular weight excluding hydrogens is 486 g/mol. The lowest BCUT2D eigenvalue weighted by Crippen LogP contribution is -2.50. The zero-order valence-electron chi connectivity index (χ0n) is 18.0. The Bertz CT molecular complexity index is 625. The zero-order chi connectivity index (χ0) is 20.4. The second kappa shape index (κ2) is 14.1. The predicted molar refractivity (Wildman–Crippen MR) is 126 cm³/mol. The van der Waals surface area contributed by atoms with Crippen LogP contribution in [0.25, 0.3) is 0 Å². The third-order valence-electron chi connectivity index (χ3n) is 4.90. The normalized spacial score (nSPS) is 16.4. The Hall–Kier alpha value is -0.970. The van der Waals surface area contributed by atoms with Crippen LogP contribution >= 0.6 is 24.0 Å². The molecule has 1 aromatic carbocycles. The fraction of sp³-hybridized carbons (Fsp3) is 0.667. The van der Waals surface area contributed by atoms with Gasteiger partial charge in [0.15, 0.2) is 5.96 Å². The molecule has 8 heteroatoms. The van der Waals surface area contributed by atoms with Crippen molar-refractivity contribution in [2.24, 2.45) is 10.9 Å². The monoisotopic (exact) mass is 522 g/mol. The Labute approximate surface area is 191 Å². The van der Waals surface area contributed by atoms with Gasteiger partial charge in [-0.2, -0.15) is 0 Å². The highest BCUT2D eigenvalue weighted by atomic mass is 127. The molecule has 0 bridgehead atoms. The highest BCUT2D eigenvalue weighted by molar-refractivity contribution is 14.0. The standard InChI is InChI=1S/C21H35FN4O2.HI/c1-16(2)11-19(26-7-9-28-10-8-26)14-25-21(23-3)24-13-17-5-6-20(22)18(12-17)15-27-4;/h5-6,12,16,19H,7-11,13-15H2,1-4H3,(H2,23,24,25);1H. The number of ether oxygens (including phenoxy) is 2. The molecule has 1 atom stereocenters. The van der Waals surface area contributed by atoms with Gasteiger partial charge in [-0.25, -0.2) is 4.39 Å². The summed E-state index contributed by atoms with van der Waals surface area (Å²) in [6.45, 7) is 9.74. The van der Waals surface area contributed by atoms with E-state index in [1.807, 2.05) is 6.07 Å². The summed E-state index contributed by atoms with van der Waals surface area (Å²) in [5.74, 6) is 1.14. The first kappa shape index (κ1) is 26.1. The fourth-order valence-corrected chi connectivity index (χ4v) is 3.47. The van der Waals surface area contributed by atoms with E-state index in [2.05, 4.69) is 34.4 Å². The highest BCUT2D eigenvalue weighted by Gasteiger charge is 2.22. The van der Waals surface area contributed by atoms with Crippen molar-refractivity contribution in [3.8, 4) is 0 Å². The third kappa shape index (κ3) is 9.15. The van der Waals surface area contributed by atoms with Gasteiger partial charge >= 0.3 is 0 Å². The molecule has 1 unspecified atom stereocenters. The van der Waals surface area contributed by atoms with Crippen molar-refractivity contribution in [3.05, 3.63) is 35.1 Å². The zero-order valence-corrected chi connectivity index (χ0v) is 20.4. The van der Waals surface area contributed by atoms with Crippen molar-refractivity contribution in [1.82, 2.24) is 15.5 Å². The second-order valence-electron chi connectivity index (χ2n) is 7.60. The lowest BCUT2D eigenvalue weighted by molar-refractivity contribution is 0.0132. The van der Waals surface area contributed by atoms with Crippen molar-refractivity contribution in [3.63, 3.8) is 0 Å². The third-order valence-corrected chi connectivity index (χ3v) is 4.90. The minimum absolute atomic E-state index is 0. The summed E-state index contributed by atoms with van der Waals surface area (Å²) in [5.41, 5.74) is 1.55. The van der Waals surface area contributed by atoms with Gasteiger partial charge in [0.05, 0.1) is 19.8 Å². The molecule has 6 nitrogen and oxygen atoms in total.